The van der Waals surface area contributed by atoms with Crippen molar-refractivity contribution in [3.63, 3.8) is 0 Å². The summed E-state index contributed by atoms with van der Waals surface area (Å²) in [5.74, 6) is 0. The van der Waals surface area contributed by atoms with E-state index in [0.29, 0.717) is 0 Å². The lowest BCUT2D eigenvalue weighted by Crippen LogP contribution is -1.97. The number of hydrogen-bond donors (Lipinski definition) is 0. The molecule has 0 saturated heterocycles. The quantitative estimate of drug-likeness (QED) is 0.626. The third-order valence-electron chi connectivity index (χ3n) is 2.52. The third kappa shape index (κ3) is 2.41. The van der Waals surface area contributed by atoms with Gasteiger partial charge in [0.25, 0.3) is 0 Å². The van der Waals surface area contributed by atoms with Crippen LogP contribution in [0.3, 0.4) is 0 Å². The van der Waals surface area contributed by atoms with Crippen molar-refractivity contribution in [2.45, 2.75) is 32.1 Å². The highest BCUT2D eigenvalue weighted by Crippen LogP contribution is 2.19. The van der Waals surface area contributed by atoms with Crippen molar-refractivity contribution >= 4 is 0 Å². The molecule has 68 valence electrons. The minimum Gasteiger partial charge on any atom is -0.261 e. The normalized spacial score (nSPS) is 16.8. The number of nitrogens with zero attached hydrogens (tertiary/aromatic N) is 1. The minimum absolute atomic E-state index is 1.06. The van der Waals surface area contributed by atoms with Crippen LogP contribution in [-0.2, 0) is 6.42 Å². The highest BCUT2D eigenvalue weighted by atomic mass is 14.7. The van der Waals surface area contributed by atoms with E-state index in [9.17, 15) is 0 Å². The fourth-order valence-electron chi connectivity index (χ4n) is 1.80. The van der Waals surface area contributed by atoms with Crippen molar-refractivity contribution in [1.29, 1.82) is 0 Å². The number of allylic oxidation sites excluding steroid dienone is 2. The molecule has 0 unspecified atom stereocenters. The highest BCUT2D eigenvalue weighted by molar-refractivity contribution is 5.16. The van der Waals surface area contributed by atoms with E-state index in [0.717, 1.165) is 6.42 Å². The van der Waals surface area contributed by atoms with Crippen LogP contribution in [0.5, 0.6) is 0 Å². The molecule has 1 aliphatic carbocycles. The Hall–Kier alpha value is -1.11. The third-order valence-corrected chi connectivity index (χ3v) is 2.52. The van der Waals surface area contributed by atoms with Crippen LogP contribution in [0.4, 0.5) is 0 Å². The van der Waals surface area contributed by atoms with Gasteiger partial charge in [0.15, 0.2) is 0 Å². The molecule has 1 nitrogen and oxygen atoms in total. The fraction of sp³-hybridized carbons (Fsp3) is 0.417. The molecule has 1 heteroatoms. The summed E-state index contributed by atoms with van der Waals surface area (Å²) in [6.45, 7) is 0. The second-order valence-electron chi connectivity index (χ2n) is 3.61. The van der Waals surface area contributed by atoms with Gasteiger partial charge in [0.1, 0.15) is 0 Å². The average molecular weight is 173 g/mol. The van der Waals surface area contributed by atoms with E-state index in [1.807, 2.05) is 12.3 Å². The van der Waals surface area contributed by atoms with Crippen LogP contribution in [0.1, 0.15) is 31.4 Å². The largest absolute Gasteiger partial charge is 0.261 e. The Bertz CT molecular complexity index is 287. The van der Waals surface area contributed by atoms with Crippen LogP contribution in [0.2, 0.25) is 0 Å². The Kier molecular flexibility index (Phi) is 2.75. The standard InChI is InChI=1S/C12H15N/c1-2-6-11(7-3-1)10-12-8-4-5-9-13-12/h4-6,8-9H,1-3,7,10H2. The predicted molar refractivity (Wildman–Crippen MR) is 54.5 cm³/mol. The first kappa shape index (κ1) is 8.49. The van der Waals surface area contributed by atoms with Crippen molar-refractivity contribution in [3.05, 3.63) is 41.7 Å². The second-order valence-corrected chi connectivity index (χ2v) is 3.61. The van der Waals surface area contributed by atoms with Gasteiger partial charge in [-0.2, -0.15) is 0 Å². The summed E-state index contributed by atoms with van der Waals surface area (Å²) in [7, 11) is 0. The fourth-order valence-corrected chi connectivity index (χ4v) is 1.80. The van der Waals surface area contributed by atoms with Crippen LogP contribution in [-0.4, -0.2) is 4.98 Å². The number of aromatic nitrogens is 1. The molecule has 13 heavy (non-hydrogen) atoms. The van der Waals surface area contributed by atoms with Crippen molar-refractivity contribution in [1.82, 2.24) is 4.98 Å². The molecule has 0 radical (unpaired) electrons. The molecule has 0 atom stereocenters. The number of hydrogen-bond acceptors (Lipinski definition) is 1. The van der Waals surface area contributed by atoms with Crippen molar-refractivity contribution < 1.29 is 0 Å². The van der Waals surface area contributed by atoms with Gasteiger partial charge in [0.05, 0.1) is 0 Å². The minimum atomic E-state index is 1.06. The molecule has 0 N–H and O–H groups in total. The lowest BCUT2D eigenvalue weighted by Gasteiger charge is -2.11. The van der Waals surface area contributed by atoms with Gasteiger partial charge in [-0.3, -0.25) is 4.98 Å². The van der Waals surface area contributed by atoms with Crippen LogP contribution in [0.15, 0.2) is 36.0 Å². The van der Waals surface area contributed by atoms with E-state index in [4.69, 9.17) is 0 Å². The molecular formula is C12H15N. The molecule has 0 aliphatic heterocycles. The highest BCUT2D eigenvalue weighted by Gasteiger charge is 2.04. The van der Waals surface area contributed by atoms with E-state index in [1.165, 1.54) is 31.4 Å². The Balaban J connectivity index is 2.01. The van der Waals surface area contributed by atoms with E-state index >= 15 is 0 Å². The van der Waals surface area contributed by atoms with Gasteiger partial charge >= 0.3 is 0 Å². The first-order valence-corrected chi connectivity index (χ1v) is 5.03. The number of pyridine rings is 1. The Morgan fingerprint density at radius 1 is 1.23 bits per heavy atom. The average Bonchev–Trinajstić information content (AvgIpc) is 2.21. The Labute approximate surface area is 79.5 Å². The summed E-state index contributed by atoms with van der Waals surface area (Å²) in [5, 5.41) is 0. The van der Waals surface area contributed by atoms with Gasteiger partial charge in [-0.15, -0.1) is 0 Å². The van der Waals surface area contributed by atoms with Gasteiger partial charge in [-0.05, 0) is 37.8 Å². The van der Waals surface area contributed by atoms with Gasteiger partial charge in [-0.25, -0.2) is 0 Å². The van der Waals surface area contributed by atoms with Crippen molar-refractivity contribution in [3.8, 4) is 0 Å². The molecule has 0 spiro atoms. The summed E-state index contributed by atoms with van der Waals surface area (Å²) in [6, 6.07) is 6.14. The summed E-state index contributed by atoms with van der Waals surface area (Å²) < 4.78 is 0. The molecule has 1 aromatic rings. The lowest BCUT2D eigenvalue weighted by molar-refractivity contribution is 0.686. The molecule has 0 fully saturated rings. The van der Waals surface area contributed by atoms with Gasteiger partial charge in [-0.1, -0.05) is 17.7 Å². The molecule has 0 amide bonds. The molecule has 0 saturated carbocycles. The van der Waals surface area contributed by atoms with Crippen molar-refractivity contribution in [2.24, 2.45) is 0 Å². The molecular weight excluding hydrogens is 158 g/mol. The smallest absolute Gasteiger partial charge is 0.0444 e. The van der Waals surface area contributed by atoms with Gasteiger partial charge < -0.3 is 0 Å². The van der Waals surface area contributed by atoms with Crippen LogP contribution < -0.4 is 0 Å². The van der Waals surface area contributed by atoms with E-state index in [1.54, 1.807) is 5.57 Å². The topological polar surface area (TPSA) is 12.9 Å². The SMILES string of the molecule is C1=C(Cc2ccccn2)CCCC1. The molecule has 0 bridgehead atoms. The van der Waals surface area contributed by atoms with E-state index < -0.39 is 0 Å². The summed E-state index contributed by atoms with van der Waals surface area (Å²) in [5.41, 5.74) is 2.78. The maximum absolute atomic E-state index is 4.33. The number of rotatable bonds is 2. The summed E-state index contributed by atoms with van der Waals surface area (Å²) in [4.78, 5) is 4.33. The molecule has 2 rings (SSSR count). The van der Waals surface area contributed by atoms with Gasteiger partial charge in [0, 0.05) is 18.3 Å². The maximum atomic E-state index is 4.33. The van der Waals surface area contributed by atoms with Gasteiger partial charge in [0.2, 0.25) is 0 Å². The Morgan fingerprint density at radius 2 is 2.23 bits per heavy atom. The first-order valence-electron chi connectivity index (χ1n) is 5.03. The molecule has 1 aromatic heterocycles. The molecule has 1 aliphatic rings. The zero-order chi connectivity index (χ0) is 8.93. The summed E-state index contributed by atoms with van der Waals surface area (Å²) >= 11 is 0. The predicted octanol–water partition coefficient (Wildman–Crippen LogP) is 3.12. The molecule has 0 aromatic carbocycles. The lowest BCUT2D eigenvalue weighted by atomic mass is 9.96. The molecule has 1 heterocycles. The monoisotopic (exact) mass is 173 g/mol. The first-order chi connectivity index (χ1) is 6.45. The summed E-state index contributed by atoms with van der Waals surface area (Å²) in [6.07, 6.45) is 10.6. The zero-order valence-electron chi connectivity index (χ0n) is 7.87. The second kappa shape index (κ2) is 4.22. The maximum Gasteiger partial charge on any atom is 0.0444 e. The van der Waals surface area contributed by atoms with Crippen molar-refractivity contribution in [2.75, 3.05) is 0 Å². The van der Waals surface area contributed by atoms with Crippen LogP contribution in [0, 0.1) is 0 Å². The Morgan fingerprint density at radius 3 is 2.92 bits per heavy atom. The van der Waals surface area contributed by atoms with E-state index in [-0.39, 0.29) is 0 Å². The van der Waals surface area contributed by atoms with Crippen LogP contribution in [0.25, 0.3) is 0 Å². The van der Waals surface area contributed by atoms with E-state index in [2.05, 4.69) is 23.2 Å². The zero-order valence-corrected chi connectivity index (χ0v) is 7.87. The van der Waals surface area contributed by atoms with Crippen LogP contribution >= 0.6 is 0 Å².